The highest BCUT2D eigenvalue weighted by Gasteiger charge is 2.10. The molecule has 0 bridgehead atoms. The van der Waals surface area contributed by atoms with Crippen LogP contribution in [0.1, 0.15) is 20.8 Å². The Bertz CT molecular complexity index is 641. The number of pyridine rings is 1. The Hall–Kier alpha value is -2.40. The van der Waals surface area contributed by atoms with Crippen LogP contribution in [0.15, 0.2) is 42.5 Å². The number of rotatable bonds is 3. The second-order valence-corrected chi connectivity index (χ2v) is 4.30. The lowest BCUT2D eigenvalue weighted by molar-refractivity contribution is 0.0594. The minimum absolute atomic E-state index is 0.126. The summed E-state index contributed by atoms with van der Waals surface area (Å²) in [7, 11) is 1.27. The summed E-state index contributed by atoms with van der Waals surface area (Å²) in [4.78, 5) is 27.3. The Balaban J connectivity index is 2.15. The summed E-state index contributed by atoms with van der Waals surface area (Å²) in [5.41, 5.74) is 0.570. The first-order valence-corrected chi connectivity index (χ1v) is 6.10. The predicted molar refractivity (Wildman–Crippen MR) is 75.0 cm³/mol. The minimum Gasteiger partial charge on any atom is -0.464 e. The van der Waals surface area contributed by atoms with Crippen LogP contribution in [-0.4, -0.2) is 24.0 Å². The molecule has 0 saturated heterocycles. The van der Waals surface area contributed by atoms with Crippen LogP contribution in [0.3, 0.4) is 0 Å². The maximum atomic E-state index is 12.0. The van der Waals surface area contributed by atoms with Crippen LogP contribution < -0.4 is 5.32 Å². The largest absolute Gasteiger partial charge is 0.464 e. The monoisotopic (exact) mass is 290 g/mol. The number of anilines is 1. The molecule has 0 aliphatic carbocycles. The van der Waals surface area contributed by atoms with E-state index < -0.39 is 5.97 Å². The lowest BCUT2D eigenvalue weighted by atomic mass is 10.2. The standard InChI is InChI=1S/C14H11ClN2O3/c1-20-14(19)11-3-2-4-12(16-11)17-13(18)9-5-7-10(15)8-6-9/h2-8H,1H3,(H,16,17,18). The second-order valence-electron chi connectivity index (χ2n) is 3.86. The van der Waals surface area contributed by atoms with Gasteiger partial charge in [0.2, 0.25) is 0 Å². The van der Waals surface area contributed by atoms with Crippen LogP contribution in [0.25, 0.3) is 0 Å². The zero-order chi connectivity index (χ0) is 14.5. The molecule has 1 amide bonds. The van der Waals surface area contributed by atoms with Crippen LogP contribution >= 0.6 is 11.6 Å². The van der Waals surface area contributed by atoms with Crippen molar-refractivity contribution < 1.29 is 14.3 Å². The summed E-state index contributed by atoms with van der Waals surface area (Å²) in [5, 5.41) is 3.14. The zero-order valence-corrected chi connectivity index (χ0v) is 11.3. The average molecular weight is 291 g/mol. The van der Waals surface area contributed by atoms with Crippen molar-refractivity contribution in [2.75, 3.05) is 12.4 Å². The molecule has 0 spiro atoms. The van der Waals surface area contributed by atoms with Gasteiger partial charge in [0.1, 0.15) is 5.82 Å². The maximum Gasteiger partial charge on any atom is 0.356 e. The fourth-order valence-corrected chi connectivity index (χ4v) is 1.64. The summed E-state index contributed by atoms with van der Waals surface area (Å²) >= 11 is 5.75. The van der Waals surface area contributed by atoms with Crippen molar-refractivity contribution in [2.45, 2.75) is 0 Å². The second kappa shape index (κ2) is 6.16. The van der Waals surface area contributed by atoms with Crippen molar-refractivity contribution >= 4 is 29.3 Å². The van der Waals surface area contributed by atoms with Crippen LogP contribution in [0.5, 0.6) is 0 Å². The minimum atomic E-state index is -0.562. The zero-order valence-electron chi connectivity index (χ0n) is 10.6. The number of nitrogens with zero attached hydrogens (tertiary/aromatic N) is 1. The van der Waals surface area contributed by atoms with Crippen LogP contribution in [0.4, 0.5) is 5.82 Å². The van der Waals surface area contributed by atoms with Gasteiger partial charge < -0.3 is 10.1 Å². The van der Waals surface area contributed by atoms with Gasteiger partial charge in [-0.2, -0.15) is 0 Å². The molecule has 0 aliphatic rings. The molecule has 102 valence electrons. The number of hydrogen-bond acceptors (Lipinski definition) is 4. The number of nitrogens with one attached hydrogen (secondary N) is 1. The third-order valence-electron chi connectivity index (χ3n) is 2.49. The van der Waals surface area contributed by atoms with E-state index in [1.54, 1.807) is 36.4 Å². The van der Waals surface area contributed by atoms with Crippen molar-refractivity contribution in [3.8, 4) is 0 Å². The SMILES string of the molecule is COC(=O)c1cccc(NC(=O)c2ccc(Cl)cc2)n1. The number of esters is 1. The van der Waals surface area contributed by atoms with Gasteiger partial charge in [0, 0.05) is 10.6 Å². The number of carbonyl (C=O) groups excluding carboxylic acids is 2. The highest BCUT2D eigenvalue weighted by Crippen LogP contribution is 2.12. The molecule has 1 aromatic carbocycles. The number of halogens is 1. The molecule has 0 aliphatic heterocycles. The topological polar surface area (TPSA) is 68.3 Å². The van der Waals surface area contributed by atoms with Crippen molar-refractivity contribution in [2.24, 2.45) is 0 Å². The number of ether oxygens (including phenoxy) is 1. The van der Waals surface area contributed by atoms with Gasteiger partial charge in [-0.1, -0.05) is 17.7 Å². The van der Waals surface area contributed by atoms with Crippen LogP contribution in [0.2, 0.25) is 5.02 Å². The number of amides is 1. The lowest BCUT2D eigenvalue weighted by Crippen LogP contribution is -2.14. The van der Waals surface area contributed by atoms with E-state index in [2.05, 4.69) is 15.0 Å². The fraction of sp³-hybridized carbons (Fsp3) is 0.0714. The van der Waals surface area contributed by atoms with Gasteiger partial charge in [0.05, 0.1) is 7.11 Å². The van der Waals surface area contributed by atoms with Gasteiger partial charge in [-0.15, -0.1) is 0 Å². The Morgan fingerprint density at radius 3 is 2.50 bits per heavy atom. The molecule has 0 saturated carbocycles. The number of carbonyl (C=O) groups is 2. The molecule has 0 fully saturated rings. The first-order chi connectivity index (χ1) is 9.60. The highest BCUT2D eigenvalue weighted by atomic mass is 35.5. The quantitative estimate of drug-likeness (QED) is 0.883. The number of benzene rings is 1. The smallest absolute Gasteiger partial charge is 0.356 e. The fourth-order valence-electron chi connectivity index (χ4n) is 1.51. The molecule has 0 unspecified atom stereocenters. The molecule has 1 heterocycles. The summed E-state index contributed by atoms with van der Waals surface area (Å²) in [5.74, 6) is -0.628. The summed E-state index contributed by atoms with van der Waals surface area (Å²) < 4.78 is 4.57. The van der Waals surface area contributed by atoms with Gasteiger partial charge in [-0.05, 0) is 36.4 Å². The number of hydrogen-bond donors (Lipinski definition) is 1. The Morgan fingerprint density at radius 1 is 1.15 bits per heavy atom. The molecular formula is C14H11ClN2O3. The van der Waals surface area contributed by atoms with E-state index in [-0.39, 0.29) is 17.4 Å². The first kappa shape index (κ1) is 14.0. The van der Waals surface area contributed by atoms with Crippen molar-refractivity contribution in [3.63, 3.8) is 0 Å². The average Bonchev–Trinajstić information content (AvgIpc) is 2.47. The molecule has 1 aromatic heterocycles. The van der Waals surface area contributed by atoms with Gasteiger partial charge >= 0.3 is 5.97 Å². The van der Waals surface area contributed by atoms with E-state index in [0.717, 1.165) is 0 Å². The molecule has 2 rings (SSSR count). The molecule has 0 atom stereocenters. The van der Waals surface area contributed by atoms with Crippen molar-refractivity contribution in [1.82, 2.24) is 4.98 Å². The van der Waals surface area contributed by atoms with E-state index >= 15 is 0 Å². The van der Waals surface area contributed by atoms with Crippen LogP contribution in [0, 0.1) is 0 Å². The van der Waals surface area contributed by atoms with E-state index in [1.807, 2.05) is 0 Å². The van der Waals surface area contributed by atoms with E-state index in [0.29, 0.717) is 10.6 Å². The third-order valence-corrected chi connectivity index (χ3v) is 2.74. The molecule has 2 aromatic rings. The number of aromatic nitrogens is 1. The van der Waals surface area contributed by atoms with Gasteiger partial charge in [-0.25, -0.2) is 9.78 Å². The molecule has 1 N–H and O–H groups in total. The van der Waals surface area contributed by atoms with E-state index in [9.17, 15) is 9.59 Å². The molecule has 5 nitrogen and oxygen atoms in total. The van der Waals surface area contributed by atoms with Crippen molar-refractivity contribution in [1.29, 1.82) is 0 Å². The number of methoxy groups -OCH3 is 1. The first-order valence-electron chi connectivity index (χ1n) is 5.72. The van der Waals surface area contributed by atoms with Gasteiger partial charge in [0.15, 0.2) is 5.69 Å². The van der Waals surface area contributed by atoms with Gasteiger partial charge in [-0.3, -0.25) is 4.79 Å². The summed E-state index contributed by atoms with van der Waals surface area (Å²) in [6.45, 7) is 0. The normalized spacial score (nSPS) is 9.90. The van der Waals surface area contributed by atoms with Crippen molar-refractivity contribution in [3.05, 3.63) is 58.7 Å². The van der Waals surface area contributed by atoms with E-state index in [4.69, 9.17) is 11.6 Å². The summed E-state index contributed by atoms with van der Waals surface area (Å²) in [6, 6.07) is 11.1. The van der Waals surface area contributed by atoms with E-state index in [1.165, 1.54) is 13.2 Å². The molecule has 6 heteroatoms. The Labute approximate surface area is 120 Å². The summed E-state index contributed by atoms with van der Waals surface area (Å²) in [6.07, 6.45) is 0. The third kappa shape index (κ3) is 3.33. The highest BCUT2D eigenvalue weighted by molar-refractivity contribution is 6.30. The van der Waals surface area contributed by atoms with Crippen LogP contribution in [-0.2, 0) is 4.74 Å². The lowest BCUT2D eigenvalue weighted by Gasteiger charge is -2.06. The molecular weight excluding hydrogens is 280 g/mol. The maximum absolute atomic E-state index is 12.0. The Morgan fingerprint density at radius 2 is 1.85 bits per heavy atom. The van der Waals surface area contributed by atoms with Gasteiger partial charge in [0.25, 0.3) is 5.91 Å². The molecule has 20 heavy (non-hydrogen) atoms. The predicted octanol–water partition coefficient (Wildman–Crippen LogP) is 2.77. The Kier molecular flexibility index (Phi) is 4.32. The molecule has 0 radical (unpaired) electrons.